The number of ether oxygens (including phenoxy) is 4. The van der Waals surface area contributed by atoms with Gasteiger partial charge < -0.3 is 18.9 Å². The molecule has 14 heteroatoms. The van der Waals surface area contributed by atoms with E-state index in [1.165, 1.54) is 57.8 Å². The number of piperidine rings is 1. The molecular weight excluding hydrogens is 584 g/mol. The van der Waals surface area contributed by atoms with Crippen molar-refractivity contribution in [1.29, 1.82) is 0 Å². The van der Waals surface area contributed by atoms with Crippen molar-refractivity contribution in [3.63, 3.8) is 0 Å². The number of unbranched alkanes of at least 4 members (excludes halogenated alkanes) is 13. The van der Waals surface area contributed by atoms with Crippen LogP contribution >= 0.6 is 0 Å². The summed E-state index contributed by atoms with van der Waals surface area (Å²) in [5.41, 5.74) is 0. The van der Waals surface area contributed by atoms with Crippen LogP contribution in [0.5, 0.6) is 0 Å². The van der Waals surface area contributed by atoms with Crippen molar-refractivity contribution >= 4 is 34.3 Å². The summed E-state index contributed by atoms with van der Waals surface area (Å²) < 4.78 is 54.3. The highest BCUT2D eigenvalue weighted by molar-refractivity contribution is 7.84. The number of nitrogens with zero attached hydrogens (tertiary/aromatic N) is 1. The largest absolute Gasteiger partial charge is 0.456 e. The lowest BCUT2D eigenvalue weighted by molar-refractivity contribution is -0.207. The number of amides is 1. The Morgan fingerprint density at radius 3 is 1.67 bits per heavy atom. The molecule has 3 unspecified atom stereocenters. The average Bonchev–Trinajstić information content (AvgIpc) is 3.30. The Hall–Kier alpha value is -2.45. The summed E-state index contributed by atoms with van der Waals surface area (Å²) in [5.74, 6) is -2.39. The first-order chi connectivity index (χ1) is 20.5. The Morgan fingerprint density at radius 1 is 0.744 bits per heavy atom. The summed E-state index contributed by atoms with van der Waals surface area (Å²) in [7, 11) is -4.46. The van der Waals surface area contributed by atoms with Crippen LogP contribution in [0.15, 0.2) is 0 Å². The van der Waals surface area contributed by atoms with E-state index in [1.807, 2.05) is 0 Å². The first kappa shape index (κ1) is 36.7. The van der Waals surface area contributed by atoms with E-state index in [0.29, 0.717) is 6.42 Å². The Bertz CT molecular complexity index is 1010. The van der Waals surface area contributed by atoms with Gasteiger partial charge in [0.2, 0.25) is 0 Å². The molecule has 5 atom stereocenters. The number of esters is 3. The molecule has 2 saturated heterocycles. The minimum atomic E-state index is -4.46. The zero-order valence-electron chi connectivity index (χ0n) is 26.0. The van der Waals surface area contributed by atoms with Crippen LogP contribution in [-0.2, 0) is 47.8 Å². The van der Waals surface area contributed by atoms with Crippen molar-refractivity contribution in [2.45, 2.75) is 148 Å². The second kappa shape index (κ2) is 19.0. The van der Waals surface area contributed by atoms with E-state index in [0.717, 1.165) is 51.4 Å². The first-order valence-corrected chi connectivity index (χ1v) is 17.0. The Kier molecular flexibility index (Phi) is 16.3. The quantitative estimate of drug-likeness (QED) is 0.109. The molecule has 2 aliphatic heterocycles. The predicted octanol–water partition coefficient (Wildman–Crippen LogP) is 4.27. The van der Waals surface area contributed by atoms with Gasteiger partial charge in [0.1, 0.15) is 18.8 Å². The Morgan fingerprint density at radius 2 is 1.19 bits per heavy atom. The molecule has 0 saturated carbocycles. The summed E-state index contributed by atoms with van der Waals surface area (Å²) in [6.45, 7) is 5.14. The lowest BCUT2D eigenvalue weighted by Gasteiger charge is -2.47. The van der Waals surface area contributed by atoms with Gasteiger partial charge in [-0.15, -0.1) is 0 Å². The van der Waals surface area contributed by atoms with Gasteiger partial charge in [-0.05, 0) is 6.42 Å². The third kappa shape index (κ3) is 13.0. The van der Waals surface area contributed by atoms with Crippen LogP contribution in [-0.4, -0.2) is 81.1 Å². The van der Waals surface area contributed by atoms with Crippen LogP contribution < -0.4 is 4.72 Å². The minimum Gasteiger partial charge on any atom is -0.456 e. The molecule has 248 valence electrons. The normalized spacial score (nSPS) is 23.4. The van der Waals surface area contributed by atoms with Crippen LogP contribution in [0.3, 0.4) is 0 Å². The van der Waals surface area contributed by atoms with Crippen molar-refractivity contribution in [3.8, 4) is 0 Å². The van der Waals surface area contributed by atoms with Crippen LogP contribution in [0.1, 0.15) is 118 Å². The molecule has 13 nitrogen and oxygen atoms in total. The van der Waals surface area contributed by atoms with E-state index in [9.17, 15) is 27.6 Å². The van der Waals surface area contributed by atoms with E-state index < -0.39 is 64.8 Å². The monoisotopic (exact) mass is 634 g/mol. The molecule has 43 heavy (non-hydrogen) atoms. The van der Waals surface area contributed by atoms with E-state index in [-0.39, 0.29) is 13.2 Å². The maximum Gasteiger partial charge on any atom is 0.411 e. The van der Waals surface area contributed by atoms with Crippen molar-refractivity contribution in [2.24, 2.45) is 0 Å². The van der Waals surface area contributed by atoms with Crippen molar-refractivity contribution < 1.29 is 50.7 Å². The molecular formula is C29H50N2O11S. The molecule has 2 aliphatic rings. The molecule has 0 spiro atoms. The van der Waals surface area contributed by atoms with Crippen LogP contribution in [0.2, 0.25) is 0 Å². The number of hydrogen-bond donors (Lipinski definition) is 1. The number of fused-ring (bicyclic) bond motifs is 1. The number of carbonyl (C=O) groups is 4. The van der Waals surface area contributed by atoms with Crippen molar-refractivity contribution in [2.75, 3.05) is 13.2 Å². The van der Waals surface area contributed by atoms with E-state index >= 15 is 0 Å². The fourth-order valence-corrected chi connectivity index (χ4v) is 6.47. The fraction of sp³-hybridized carbons (Fsp3) is 0.862. The maximum absolute atomic E-state index is 12.9. The molecule has 2 fully saturated rings. The third-order valence-corrected chi connectivity index (χ3v) is 8.50. The molecule has 0 aromatic carbocycles. The number of carbonyl (C=O) groups excluding carboxylic acids is 4. The smallest absolute Gasteiger partial charge is 0.411 e. The lowest BCUT2D eigenvalue weighted by atomic mass is 9.92. The van der Waals surface area contributed by atoms with Gasteiger partial charge in [-0.1, -0.05) is 90.4 Å². The molecule has 0 aromatic rings. The summed E-state index contributed by atoms with van der Waals surface area (Å²) in [5, 5.41) is 0. The summed E-state index contributed by atoms with van der Waals surface area (Å²) in [6, 6.07) is -1.02. The molecule has 0 aliphatic carbocycles. The molecule has 0 radical (unpaired) electrons. The van der Waals surface area contributed by atoms with Crippen molar-refractivity contribution in [3.05, 3.63) is 0 Å². The van der Waals surface area contributed by atoms with Gasteiger partial charge >= 0.3 is 34.3 Å². The number of nitrogens with one attached hydrogen (secondary N) is 1. The SMILES string of the molecule is CCCCCCCCCCCCCCCCOS(=O)(=O)N[C@@H]1C(OC(C)=O)C(OC(C)=O)[C@H](OC(C)=O)C2COC(=O)N21. The van der Waals surface area contributed by atoms with Gasteiger partial charge in [-0.25, -0.2) is 4.79 Å². The fourth-order valence-electron chi connectivity index (χ4n) is 5.52. The topological polar surface area (TPSA) is 164 Å². The van der Waals surface area contributed by atoms with Gasteiger partial charge in [-0.3, -0.25) is 23.5 Å². The lowest BCUT2D eigenvalue weighted by Crippen LogP contribution is -2.72. The van der Waals surface area contributed by atoms with Crippen molar-refractivity contribution in [1.82, 2.24) is 9.62 Å². The average molecular weight is 635 g/mol. The number of rotatable bonds is 21. The van der Waals surface area contributed by atoms with Gasteiger partial charge in [0.25, 0.3) is 0 Å². The highest BCUT2D eigenvalue weighted by atomic mass is 32.2. The zero-order chi connectivity index (χ0) is 31.8. The van der Waals surface area contributed by atoms with E-state index in [4.69, 9.17) is 23.1 Å². The van der Waals surface area contributed by atoms with Crippen LogP contribution in [0.25, 0.3) is 0 Å². The molecule has 0 bridgehead atoms. The highest BCUT2D eigenvalue weighted by Crippen LogP contribution is 2.34. The second-order valence-electron chi connectivity index (χ2n) is 11.2. The third-order valence-electron chi connectivity index (χ3n) is 7.49. The van der Waals surface area contributed by atoms with Gasteiger partial charge in [0, 0.05) is 20.8 Å². The van der Waals surface area contributed by atoms with Gasteiger partial charge in [0.05, 0.1) is 6.61 Å². The zero-order valence-corrected chi connectivity index (χ0v) is 26.9. The number of hydrogen-bond acceptors (Lipinski definition) is 11. The maximum atomic E-state index is 12.9. The summed E-state index contributed by atoms with van der Waals surface area (Å²) >= 11 is 0. The Labute approximate surface area is 255 Å². The molecule has 1 amide bonds. The minimum absolute atomic E-state index is 0.0877. The molecule has 1 N–H and O–H groups in total. The van der Waals surface area contributed by atoms with E-state index in [1.54, 1.807) is 0 Å². The summed E-state index contributed by atoms with van der Waals surface area (Å²) in [4.78, 5) is 49.3. The molecule has 2 heterocycles. The van der Waals surface area contributed by atoms with Gasteiger partial charge in [-0.2, -0.15) is 13.1 Å². The molecule has 0 aromatic heterocycles. The van der Waals surface area contributed by atoms with E-state index in [2.05, 4.69) is 11.6 Å². The molecule has 2 rings (SSSR count). The second-order valence-corrected chi connectivity index (χ2v) is 12.6. The first-order valence-electron chi connectivity index (χ1n) is 15.6. The van der Waals surface area contributed by atoms with Crippen LogP contribution in [0, 0.1) is 0 Å². The van der Waals surface area contributed by atoms with Gasteiger partial charge in [0.15, 0.2) is 18.3 Å². The summed E-state index contributed by atoms with van der Waals surface area (Å²) in [6.07, 6.45) is 9.41. The predicted molar refractivity (Wildman–Crippen MR) is 156 cm³/mol. The van der Waals surface area contributed by atoms with Crippen LogP contribution in [0.4, 0.5) is 4.79 Å². The number of cyclic esters (lactones) is 1. The highest BCUT2D eigenvalue weighted by Gasteiger charge is 2.60. The Balaban J connectivity index is 1.87. The standard InChI is InChI=1S/C29H50N2O11S/c1-5-6-7-8-9-10-11-12-13-14-15-16-17-18-19-39-43(36,37)30-28-27(42-23(4)34)26(41-22(3)33)25(40-21(2)32)24-20-38-29(35)31(24)28/h24-28,30H,5-20H2,1-4H3/t24?,25-,26?,27?,28+/m1/s1.